The minimum atomic E-state index is -0.707. The van der Waals surface area contributed by atoms with Gasteiger partial charge in [-0.2, -0.15) is 5.26 Å². The molecule has 3 atom stereocenters. The zero-order valence-corrected chi connectivity index (χ0v) is 24.4. The van der Waals surface area contributed by atoms with Crippen molar-refractivity contribution in [2.45, 2.75) is 50.3 Å². The van der Waals surface area contributed by atoms with Gasteiger partial charge in [-0.25, -0.2) is 19.4 Å². The third-order valence-electron chi connectivity index (χ3n) is 7.61. The number of anilines is 2. The number of amides is 2. The summed E-state index contributed by atoms with van der Waals surface area (Å²) in [5.41, 5.74) is 2.77. The zero-order chi connectivity index (χ0) is 30.5. The van der Waals surface area contributed by atoms with Crippen LogP contribution < -0.4 is 10.6 Å². The molecule has 3 N–H and O–H groups in total. The van der Waals surface area contributed by atoms with Gasteiger partial charge >= 0.3 is 18.2 Å². The van der Waals surface area contributed by atoms with Gasteiger partial charge in [0, 0.05) is 34.9 Å². The summed E-state index contributed by atoms with van der Waals surface area (Å²) in [6, 6.07) is 13.2. The average Bonchev–Trinajstić information content (AvgIpc) is 3.44. The number of H-pyrrole nitrogens is 1. The SMILES string of the molecule is COC(=O)Nc1ccc2c(c1)NC(C(=O)OC)CCCCC(N1CCC(c3cccc(Cl)c3)OC1=O)c1nc(C#N)c-2[nH]1. The van der Waals surface area contributed by atoms with Gasteiger partial charge in [0.15, 0.2) is 5.69 Å². The van der Waals surface area contributed by atoms with Crippen LogP contribution in [0, 0.1) is 11.3 Å². The first-order valence-corrected chi connectivity index (χ1v) is 14.3. The Balaban J connectivity index is 1.52. The molecule has 13 heteroatoms. The summed E-state index contributed by atoms with van der Waals surface area (Å²) >= 11 is 6.16. The number of rotatable bonds is 4. The molecule has 43 heavy (non-hydrogen) atoms. The molecule has 0 saturated carbocycles. The summed E-state index contributed by atoms with van der Waals surface area (Å²) in [6.07, 6.45) is 1.22. The van der Waals surface area contributed by atoms with Crippen LogP contribution in [0.2, 0.25) is 5.02 Å². The number of fused-ring (bicyclic) bond motifs is 4. The van der Waals surface area contributed by atoms with Crippen molar-refractivity contribution in [2.75, 3.05) is 31.4 Å². The largest absolute Gasteiger partial charge is 0.467 e. The average molecular weight is 607 g/mol. The van der Waals surface area contributed by atoms with E-state index in [4.69, 9.17) is 25.8 Å². The number of esters is 1. The van der Waals surface area contributed by atoms with Gasteiger partial charge in [-0.3, -0.25) is 10.2 Å². The van der Waals surface area contributed by atoms with Crippen LogP contribution in [-0.2, 0) is 19.0 Å². The summed E-state index contributed by atoms with van der Waals surface area (Å²) < 4.78 is 15.6. The number of ether oxygens (including phenoxy) is 3. The third-order valence-corrected chi connectivity index (χ3v) is 7.84. The summed E-state index contributed by atoms with van der Waals surface area (Å²) in [4.78, 5) is 47.5. The highest BCUT2D eigenvalue weighted by Gasteiger charge is 2.36. The van der Waals surface area contributed by atoms with E-state index in [2.05, 4.69) is 26.7 Å². The molecular formula is C30H31ClN6O6. The van der Waals surface area contributed by atoms with Crippen molar-refractivity contribution in [2.24, 2.45) is 0 Å². The number of hydrogen-bond donors (Lipinski definition) is 3. The predicted molar refractivity (Wildman–Crippen MR) is 157 cm³/mol. The van der Waals surface area contributed by atoms with Gasteiger partial charge in [-0.1, -0.05) is 36.6 Å². The Morgan fingerprint density at radius 3 is 2.67 bits per heavy atom. The van der Waals surface area contributed by atoms with E-state index in [1.807, 2.05) is 12.1 Å². The number of nitrogens with one attached hydrogen (secondary N) is 3. The lowest BCUT2D eigenvalue weighted by Gasteiger charge is -2.36. The van der Waals surface area contributed by atoms with E-state index in [1.54, 1.807) is 35.2 Å². The molecule has 3 unspecified atom stereocenters. The van der Waals surface area contributed by atoms with Crippen molar-refractivity contribution >= 4 is 41.1 Å². The van der Waals surface area contributed by atoms with Crippen LogP contribution in [0.4, 0.5) is 21.0 Å². The maximum absolute atomic E-state index is 13.4. The highest BCUT2D eigenvalue weighted by molar-refractivity contribution is 6.30. The number of methoxy groups -OCH3 is 2. The molecule has 2 aromatic carbocycles. The summed E-state index contributed by atoms with van der Waals surface area (Å²) in [7, 11) is 2.58. The Kier molecular flexibility index (Phi) is 9.01. The Bertz CT molecular complexity index is 1570. The Labute approximate surface area is 253 Å². The van der Waals surface area contributed by atoms with Gasteiger partial charge in [-0.05, 0) is 48.7 Å². The summed E-state index contributed by atoms with van der Waals surface area (Å²) in [5.74, 6) is 0.000806. The lowest BCUT2D eigenvalue weighted by molar-refractivity contribution is -0.141. The summed E-state index contributed by atoms with van der Waals surface area (Å²) in [5, 5.41) is 16.5. The highest BCUT2D eigenvalue weighted by atomic mass is 35.5. The molecule has 5 rings (SSSR count). The number of imidazole rings is 1. The molecule has 2 aliphatic heterocycles. The molecule has 2 aliphatic rings. The van der Waals surface area contributed by atoms with Gasteiger partial charge in [0.05, 0.1) is 26.0 Å². The van der Waals surface area contributed by atoms with E-state index < -0.39 is 36.3 Å². The molecule has 0 spiro atoms. The number of halogens is 1. The van der Waals surface area contributed by atoms with E-state index in [1.165, 1.54) is 14.2 Å². The monoisotopic (exact) mass is 606 g/mol. The highest BCUT2D eigenvalue weighted by Crippen LogP contribution is 2.38. The fourth-order valence-electron chi connectivity index (χ4n) is 5.48. The van der Waals surface area contributed by atoms with E-state index in [0.717, 1.165) is 5.56 Å². The molecule has 12 nitrogen and oxygen atoms in total. The fourth-order valence-corrected chi connectivity index (χ4v) is 5.68. The van der Waals surface area contributed by atoms with Crippen LogP contribution in [-0.4, -0.2) is 59.8 Å². The standard InChI is InChI=1S/C30H31ClN6O6/c1-41-28(38)21-8-3-4-9-24(37-13-12-25(43-30(37)40)17-6-5-7-18(31)14-17)27-35-23(16-32)26(36-27)20-11-10-19(15-22(20)34-21)33-29(39)42-2/h5-7,10-11,14-15,21,24-25,34H,3-4,8-9,12-13H2,1-2H3,(H,33,39)(H,35,36). The van der Waals surface area contributed by atoms with Crippen molar-refractivity contribution in [1.82, 2.24) is 14.9 Å². The molecule has 0 aliphatic carbocycles. The number of aromatic nitrogens is 2. The van der Waals surface area contributed by atoms with E-state index in [-0.39, 0.29) is 5.69 Å². The Morgan fingerprint density at radius 2 is 1.95 bits per heavy atom. The molecule has 0 radical (unpaired) electrons. The van der Waals surface area contributed by atoms with Gasteiger partial charge in [0.1, 0.15) is 24.0 Å². The predicted octanol–water partition coefficient (Wildman–Crippen LogP) is 5.93. The second-order valence-corrected chi connectivity index (χ2v) is 10.7. The topological polar surface area (TPSA) is 159 Å². The molecule has 1 saturated heterocycles. The first-order chi connectivity index (χ1) is 20.8. The quantitative estimate of drug-likeness (QED) is 0.241. The smallest absolute Gasteiger partial charge is 0.411 e. The maximum atomic E-state index is 13.4. The first-order valence-electron chi connectivity index (χ1n) is 13.9. The second kappa shape index (κ2) is 13.0. The van der Waals surface area contributed by atoms with E-state index >= 15 is 0 Å². The molecule has 3 heterocycles. The number of benzene rings is 2. The minimum absolute atomic E-state index is 0.118. The van der Waals surface area contributed by atoms with Gasteiger partial charge in [0.2, 0.25) is 0 Å². The lowest BCUT2D eigenvalue weighted by atomic mass is 10.00. The van der Waals surface area contributed by atoms with E-state index in [0.29, 0.717) is 72.1 Å². The molecule has 1 aromatic heterocycles. The van der Waals surface area contributed by atoms with Crippen LogP contribution in [0.1, 0.15) is 61.3 Å². The van der Waals surface area contributed by atoms with Crippen molar-refractivity contribution < 1.29 is 28.6 Å². The Morgan fingerprint density at radius 1 is 1.14 bits per heavy atom. The minimum Gasteiger partial charge on any atom is -0.467 e. The second-order valence-electron chi connectivity index (χ2n) is 10.3. The van der Waals surface area contributed by atoms with Gasteiger partial charge in [-0.15, -0.1) is 0 Å². The maximum Gasteiger partial charge on any atom is 0.411 e. The first kappa shape index (κ1) is 29.7. The molecule has 3 aromatic rings. The number of cyclic esters (lactones) is 1. The van der Waals surface area contributed by atoms with E-state index in [9.17, 15) is 19.6 Å². The van der Waals surface area contributed by atoms with Gasteiger partial charge in [0.25, 0.3) is 0 Å². The molecule has 224 valence electrons. The Hall–Kier alpha value is -4.76. The van der Waals surface area contributed by atoms with Crippen LogP contribution in [0.25, 0.3) is 11.3 Å². The third kappa shape index (κ3) is 6.52. The number of nitriles is 1. The molecule has 2 amide bonds. The number of carbonyl (C=O) groups excluding carboxylic acids is 3. The normalized spacial score (nSPS) is 20.2. The number of aromatic amines is 1. The molecule has 2 bridgehead atoms. The van der Waals surface area contributed by atoms with Crippen molar-refractivity contribution in [3.05, 3.63) is 64.6 Å². The van der Waals surface area contributed by atoms with Crippen molar-refractivity contribution in [3.8, 4) is 17.3 Å². The summed E-state index contributed by atoms with van der Waals surface area (Å²) in [6.45, 7) is 0.407. The van der Waals surface area contributed by atoms with Crippen LogP contribution in [0.3, 0.4) is 0 Å². The zero-order valence-electron chi connectivity index (χ0n) is 23.7. The van der Waals surface area contributed by atoms with Crippen LogP contribution in [0.5, 0.6) is 0 Å². The van der Waals surface area contributed by atoms with Crippen molar-refractivity contribution in [1.29, 1.82) is 5.26 Å². The number of carbonyl (C=O) groups is 3. The van der Waals surface area contributed by atoms with Crippen molar-refractivity contribution in [3.63, 3.8) is 0 Å². The van der Waals surface area contributed by atoms with Crippen LogP contribution in [0.15, 0.2) is 42.5 Å². The molecular weight excluding hydrogens is 576 g/mol. The van der Waals surface area contributed by atoms with Crippen LogP contribution >= 0.6 is 11.6 Å². The number of nitrogens with zero attached hydrogens (tertiary/aromatic N) is 3. The molecule has 1 fully saturated rings. The van der Waals surface area contributed by atoms with Gasteiger partial charge < -0.3 is 24.5 Å². The lowest BCUT2D eigenvalue weighted by Crippen LogP contribution is -2.42. The fraction of sp³-hybridized carbons (Fsp3) is 0.367. The number of hydrogen-bond acceptors (Lipinski definition) is 9.